The lowest BCUT2D eigenvalue weighted by atomic mass is 10.2. The standard InChI is InChI=1S/C15H22N2O3/c1-16-10-12-9-13(19-2)5-6-14(12)20-11-15(18)17-7-3-4-8-17/h5-6,9,16H,3-4,7-8,10-11H2,1-2H3. The zero-order valence-electron chi connectivity index (χ0n) is 12.1. The number of methoxy groups -OCH3 is 1. The topological polar surface area (TPSA) is 50.8 Å². The Morgan fingerprint density at radius 3 is 2.75 bits per heavy atom. The van der Waals surface area contributed by atoms with Gasteiger partial charge in [-0.3, -0.25) is 4.79 Å². The highest BCUT2D eigenvalue weighted by atomic mass is 16.5. The van der Waals surface area contributed by atoms with E-state index >= 15 is 0 Å². The Morgan fingerprint density at radius 1 is 1.35 bits per heavy atom. The van der Waals surface area contributed by atoms with Crippen LogP contribution in [0.5, 0.6) is 11.5 Å². The van der Waals surface area contributed by atoms with Crippen molar-refractivity contribution in [3.05, 3.63) is 23.8 Å². The van der Waals surface area contributed by atoms with Crippen molar-refractivity contribution in [1.82, 2.24) is 10.2 Å². The van der Waals surface area contributed by atoms with Crippen molar-refractivity contribution in [3.8, 4) is 11.5 Å². The molecule has 0 spiro atoms. The molecule has 0 aromatic heterocycles. The average Bonchev–Trinajstić information content (AvgIpc) is 3.00. The maximum absolute atomic E-state index is 12.0. The minimum absolute atomic E-state index is 0.0636. The van der Waals surface area contributed by atoms with Crippen LogP contribution in [-0.4, -0.2) is 44.7 Å². The molecule has 0 radical (unpaired) electrons. The van der Waals surface area contributed by atoms with Crippen molar-refractivity contribution in [2.45, 2.75) is 19.4 Å². The lowest BCUT2D eigenvalue weighted by Crippen LogP contribution is -2.32. The van der Waals surface area contributed by atoms with Crippen LogP contribution in [0.15, 0.2) is 18.2 Å². The van der Waals surface area contributed by atoms with E-state index < -0.39 is 0 Å². The number of carbonyl (C=O) groups is 1. The second kappa shape index (κ2) is 7.14. The van der Waals surface area contributed by atoms with Gasteiger partial charge in [-0.05, 0) is 38.1 Å². The zero-order chi connectivity index (χ0) is 14.4. The molecule has 1 aliphatic rings. The van der Waals surface area contributed by atoms with E-state index in [4.69, 9.17) is 9.47 Å². The van der Waals surface area contributed by atoms with Crippen LogP contribution < -0.4 is 14.8 Å². The lowest BCUT2D eigenvalue weighted by Gasteiger charge is -2.17. The van der Waals surface area contributed by atoms with E-state index in [1.807, 2.05) is 30.1 Å². The molecule has 1 fully saturated rings. The van der Waals surface area contributed by atoms with E-state index in [0.29, 0.717) is 6.54 Å². The molecule has 1 aliphatic heterocycles. The van der Waals surface area contributed by atoms with Crippen LogP contribution in [0.2, 0.25) is 0 Å². The molecular formula is C15H22N2O3. The van der Waals surface area contributed by atoms with Crippen molar-refractivity contribution in [1.29, 1.82) is 0 Å². The largest absolute Gasteiger partial charge is 0.497 e. The number of amides is 1. The molecule has 1 amide bonds. The Balaban J connectivity index is 1.98. The molecule has 1 heterocycles. The average molecular weight is 278 g/mol. The highest BCUT2D eigenvalue weighted by Crippen LogP contribution is 2.24. The first-order chi connectivity index (χ1) is 9.74. The fraction of sp³-hybridized carbons (Fsp3) is 0.533. The fourth-order valence-electron chi connectivity index (χ4n) is 2.35. The maximum Gasteiger partial charge on any atom is 0.260 e. The summed E-state index contributed by atoms with van der Waals surface area (Å²) in [4.78, 5) is 13.8. The summed E-state index contributed by atoms with van der Waals surface area (Å²) in [6.45, 7) is 2.48. The summed E-state index contributed by atoms with van der Waals surface area (Å²) >= 11 is 0. The first-order valence-corrected chi connectivity index (χ1v) is 6.96. The van der Waals surface area contributed by atoms with Crippen molar-refractivity contribution in [2.75, 3.05) is 33.9 Å². The van der Waals surface area contributed by atoms with Crippen molar-refractivity contribution in [2.24, 2.45) is 0 Å². The van der Waals surface area contributed by atoms with E-state index in [2.05, 4.69) is 5.32 Å². The molecular weight excluding hydrogens is 256 g/mol. The van der Waals surface area contributed by atoms with Crippen molar-refractivity contribution >= 4 is 5.91 Å². The van der Waals surface area contributed by atoms with Gasteiger partial charge in [0.2, 0.25) is 0 Å². The van der Waals surface area contributed by atoms with Gasteiger partial charge in [-0.15, -0.1) is 0 Å². The monoisotopic (exact) mass is 278 g/mol. The van der Waals surface area contributed by atoms with Gasteiger partial charge in [0.25, 0.3) is 5.91 Å². The molecule has 110 valence electrons. The predicted molar refractivity (Wildman–Crippen MR) is 77.1 cm³/mol. The zero-order valence-corrected chi connectivity index (χ0v) is 12.1. The van der Waals surface area contributed by atoms with E-state index in [1.54, 1.807) is 7.11 Å². The minimum Gasteiger partial charge on any atom is -0.497 e. The third-order valence-corrected chi connectivity index (χ3v) is 3.44. The van der Waals surface area contributed by atoms with Gasteiger partial charge in [0.1, 0.15) is 11.5 Å². The number of likely N-dealkylation sites (tertiary alicyclic amines) is 1. The Kier molecular flexibility index (Phi) is 5.24. The Hall–Kier alpha value is -1.75. The van der Waals surface area contributed by atoms with Gasteiger partial charge in [0, 0.05) is 25.2 Å². The normalized spacial score (nSPS) is 14.4. The highest BCUT2D eigenvalue weighted by Gasteiger charge is 2.18. The molecule has 5 nitrogen and oxygen atoms in total. The molecule has 1 aromatic carbocycles. The van der Waals surface area contributed by atoms with E-state index in [0.717, 1.165) is 43.0 Å². The van der Waals surface area contributed by atoms with Crippen LogP contribution in [0, 0.1) is 0 Å². The second-order valence-electron chi connectivity index (χ2n) is 4.88. The summed E-state index contributed by atoms with van der Waals surface area (Å²) in [6, 6.07) is 5.61. The smallest absolute Gasteiger partial charge is 0.260 e. The van der Waals surface area contributed by atoms with Crippen LogP contribution in [0.25, 0.3) is 0 Å². The van der Waals surface area contributed by atoms with Gasteiger partial charge in [-0.25, -0.2) is 0 Å². The Labute approximate surface area is 119 Å². The second-order valence-corrected chi connectivity index (χ2v) is 4.88. The van der Waals surface area contributed by atoms with E-state index in [9.17, 15) is 4.79 Å². The summed E-state index contributed by atoms with van der Waals surface area (Å²) in [5, 5.41) is 3.09. The predicted octanol–water partition coefficient (Wildman–Crippen LogP) is 1.42. The number of hydrogen-bond acceptors (Lipinski definition) is 4. The van der Waals surface area contributed by atoms with Gasteiger partial charge >= 0.3 is 0 Å². The van der Waals surface area contributed by atoms with Gasteiger partial charge in [0.15, 0.2) is 6.61 Å². The summed E-state index contributed by atoms with van der Waals surface area (Å²) in [7, 11) is 3.51. The molecule has 1 aromatic rings. The van der Waals surface area contributed by atoms with Gasteiger partial charge in [-0.1, -0.05) is 0 Å². The summed E-state index contributed by atoms with van der Waals surface area (Å²) < 4.78 is 10.9. The summed E-state index contributed by atoms with van der Waals surface area (Å²) in [5.74, 6) is 1.58. The molecule has 20 heavy (non-hydrogen) atoms. The molecule has 0 unspecified atom stereocenters. The Bertz CT molecular complexity index is 456. The van der Waals surface area contributed by atoms with Crippen LogP contribution >= 0.6 is 0 Å². The molecule has 0 saturated carbocycles. The van der Waals surface area contributed by atoms with Crippen molar-refractivity contribution < 1.29 is 14.3 Å². The number of nitrogens with one attached hydrogen (secondary N) is 1. The molecule has 5 heteroatoms. The number of rotatable bonds is 6. The SMILES string of the molecule is CNCc1cc(OC)ccc1OCC(=O)N1CCCC1. The fourth-order valence-corrected chi connectivity index (χ4v) is 2.35. The van der Waals surface area contributed by atoms with Crippen LogP contribution in [0.3, 0.4) is 0 Å². The molecule has 0 aliphatic carbocycles. The first-order valence-electron chi connectivity index (χ1n) is 6.96. The van der Waals surface area contributed by atoms with E-state index in [1.165, 1.54) is 0 Å². The van der Waals surface area contributed by atoms with Crippen molar-refractivity contribution in [3.63, 3.8) is 0 Å². The van der Waals surface area contributed by atoms with Crippen LogP contribution in [0.4, 0.5) is 0 Å². The van der Waals surface area contributed by atoms with Gasteiger partial charge < -0.3 is 19.7 Å². The van der Waals surface area contributed by atoms with Gasteiger partial charge in [-0.2, -0.15) is 0 Å². The minimum atomic E-state index is 0.0636. The summed E-state index contributed by atoms with van der Waals surface area (Å²) in [5.41, 5.74) is 0.987. The summed E-state index contributed by atoms with van der Waals surface area (Å²) in [6.07, 6.45) is 2.19. The third-order valence-electron chi connectivity index (χ3n) is 3.44. The quantitative estimate of drug-likeness (QED) is 0.855. The number of ether oxygens (including phenoxy) is 2. The van der Waals surface area contributed by atoms with E-state index in [-0.39, 0.29) is 12.5 Å². The van der Waals surface area contributed by atoms with Crippen LogP contribution in [0.1, 0.15) is 18.4 Å². The highest BCUT2D eigenvalue weighted by molar-refractivity contribution is 5.78. The molecule has 0 bridgehead atoms. The number of hydrogen-bond donors (Lipinski definition) is 1. The third kappa shape index (κ3) is 3.63. The Morgan fingerprint density at radius 2 is 2.10 bits per heavy atom. The molecule has 2 rings (SSSR count). The first kappa shape index (κ1) is 14.7. The molecule has 1 N–H and O–H groups in total. The van der Waals surface area contributed by atoms with Crippen LogP contribution in [-0.2, 0) is 11.3 Å². The number of benzene rings is 1. The molecule has 1 saturated heterocycles. The lowest BCUT2D eigenvalue weighted by molar-refractivity contribution is -0.132. The molecule has 0 atom stereocenters. The number of nitrogens with zero attached hydrogens (tertiary/aromatic N) is 1. The maximum atomic E-state index is 12.0. The number of carbonyl (C=O) groups excluding carboxylic acids is 1. The van der Waals surface area contributed by atoms with Gasteiger partial charge in [0.05, 0.1) is 7.11 Å².